The fourth-order valence-corrected chi connectivity index (χ4v) is 1.07. The Morgan fingerprint density at radius 2 is 2.31 bits per heavy atom. The molecule has 66 valence electrons. The molecule has 0 fully saturated rings. The van der Waals surface area contributed by atoms with Gasteiger partial charge in [0.25, 0.3) is 0 Å². The monoisotopic (exact) mass is 181 g/mol. The molecule has 1 heterocycles. The van der Waals surface area contributed by atoms with Crippen molar-refractivity contribution in [3.05, 3.63) is 34.1 Å². The number of nitro groups is 1. The van der Waals surface area contributed by atoms with E-state index in [-0.39, 0.29) is 5.52 Å². The van der Waals surface area contributed by atoms with Crippen molar-refractivity contribution in [3.8, 4) is 0 Å². The van der Waals surface area contributed by atoms with Crippen LogP contribution < -0.4 is 0 Å². The molecular formula is C7H4FN3O2. The first-order valence-electron chi connectivity index (χ1n) is 3.47. The summed E-state index contributed by atoms with van der Waals surface area (Å²) in [5.74, 6) is -1.01. The van der Waals surface area contributed by atoms with Crippen LogP contribution >= 0.6 is 0 Å². The van der Waals surface area contributed by atoms with Crippen LogP contribution in [-0.4, -0.2) is 14.9 Å². The Morgan fingerprint density at radius 3 is 2.92 bits per heavy atom. The van der Waals surface area contributed by atoms with Gasteiger partial charge in [-0.2, -0.15) is 0 Å². The molecule has 0 aliphatic heterocycles. The van der Waals surface area contributed by atoms with E-state index in [2.05, 4.69) is 9.97 Å². The lowest BCUT2D eigenvalue weighted by Gasteiger charge is -1.84. The summed E-state index contributed by atoms with van der Waals surface area (Å²) in [6, 6.07) is 4.19. The molecule has 0 aliphatic carbocycles. The Labute approximate surface area is 71.4 Å². The Kier molecular flexibility index (Phi) is 1.48. The van der Waals surface area contributed by atoms with Gasteiger partial charge in [0.05, 0.1) is 0 Å². The summed E-state index contributed by atoms with van der Waals surface area (Å²) in [5, 5.41) is 10.3. The van der Waals surface area contributed by atoms with Crippen LogP contribution in [0.25, 0.3) is 11.0 Å². The van der Waals surface area contributed by atoms with Crippen molar-refractivity contribution in [2.45, 2.75) is 0 Å². The molecule has 0 bridgehead atoms. The zero-order chi connectivity index (χ0) is 9.42. The van der Waals surface area contributed by atoms with E-state index in [1.54, 1.807) is 0 Å². The van der Waals surface area contributed by atoms with Crippen LogP contribution in [0.15, 0.2) is 18.2 Å². The molecule has 2 rings (SSSR count). The molecule has 0 amide bonds. The van der Waals surface area contributed by atoms with E-state index in [9.17, 15) is 14.5 Å². The summed E-state index contributed by atoms with van der Waals surface area (Å²) in [4.78, 5) is 15.4. The maximum Gasteiger partial charge on any atom is 0.433 e. The molecular weight excluding hydrogens is 177 g/mol. The molecule has 1 N–H and O–H groups in total. The van der Waals surface area contributed by atoms with Gasteiger partial charge in [0, 0.05) is 0 Å². The number of nitrogens with one attached hydrogen (secondary N) is 1. The summed E-state index contributed by atoms with van der Waals surface area (Å²) < 4.78 is 13.0. The Balaban J connectivity index is 2.75. The highest BCUT2D eigenvalue weighted by Gasteiger charge is 2.15. The number of hydrogen-bond acceptors (Lipinski definition) is 3. The van der Waals surface area contributed by atoms with Crippen molar-refractivity contribution in [1.82, 2.24) is 9.97 Å². The number of hydrogen-bond donors (Lipinski definition) is 1. The highest BCUT2D eigenvalue weighted by molar-refractivity contribution is 5.76. The van der Waals surface area contributed by atoms with Crippen molar-refractivity contribution < 1.29 is 9.31 Å². The molecule has 6 heteroatoms. The average molecular weight is 181 g/mol. The van der Waals surface area contributed by atoms with Gasteiger partial charge in [-0.1, -0.05) is 11.1 Å². The van der Waals surface area contributed by atoms with Crippen molar-refractivity contribution in [2.24, 2.45) is 0 Å². The Hall–Kier alpha value is -1.98. The molecule has 0 unspecified atom stereocenters. The normalized spacial score (nSPS) is 10.5. The number of benzene rings is 1. The molecule has 0 spiro atoms. The topological polar surface area (TPSA) is 71.8 Å². The fraction of sp³-hybridized carbons (Fsp3) is 0. The number of aromatic nitrogens is 2. The summed E-state index contributed by atoms with van der Waals surface area (Å²) in [6.07, 6.45) is 0. The van der Waals surface area contributed by atoms with Crippen LogP contribution in [0.2, 0.25) is 0 Å². The minimum atomic E-state index is -0.695. The number of rotatable bonds is 1. The molecule has 2 aromatic rings. The third-order valence-corrected chi connectivity index (χ3v) is 1.62. The second kappa shape index (κ2) is 2.51. The molecule has 13 heavy (non-hydrogen) atoms. The lowest BCUT2D eigenvalue weighted by Crippen LogP contribution is -1.88. The summed E-state index contributed by atoms with van der Waals surface area (Å²) >= 11 is 0. The molecule has 0 saturated heterocycles. The van der Waals surface area contributed by atoms with E-state index in [4.69, 9.17) is 0 Å². The second-order valence-electron chi connectivity index (χ2n) is 2.45. The van der Waals surface area contributed by atoms with Crippen LogP contribution in [0, 0.1) is 15.9 Å². The van der Waals surface area contributed by atoms with Gasteiger partial charge >= 0.3 is 5.95 Å². The van der Waals surface area contributed by atoms with Crippen LogP contribution in [-0.2, 0) is 0 Å². The van der Waals surface area contributed by atoms with Crippen molar-refractivity contribution >= 4 is 17.0 Å². The number of halogens is 1. The predicted molar refractivity (Wildman–Crippen MR) is 42.7 cm³/mol. The minimum Gasteiger partial charge on any atom is -0.390 e. The molecule has 0 radical (unpaired) electrons. The number of para-hydroxylation sites is 1. The number of H-pyrrole nitrogens is 1. The SMILES string of the molecule is O=[N+]([O-])c1nc2c(F)cccc2[nH]1. The number of fused-ring (bicyclic) bond motifs is 1. The number of aromatic amines is 1. The van der Waals surface area contributed by atoms with Gasteiger partial charge in [0.1, 0.15) is 5.52 Å². The van der Waals surface area contributed by atoms with Gasteiger partial charge < -0.3 is 10.1 Å². The van der Waals surface area contributed by atoms with Gasteiger partial charge in [0.15, 0.2) is 5.82 Å². The summed E-state index contributed by atoms with van der Waals surface area (Å²) in [7, 11) is 0. The quantitative estimate of drug-likeness (QED) is 0.536. The fourth-order valence-electron chi connectivity index (χ4n) is 1.07. The molecule has 5 nitrogen and oxygen atoms in total. The van der Waals surface area contributed by atoms with Crippen LogP contribution in [0.4, 0.5) is 10.3 Å². The van der Waals surface area contributed by atoms with E-state index in [0.29, 0.717) is 5.52 Å². The second-order valence-corrected chi connectivity index (χ2v) is 2.45. The van der Waals surface area contributed by atoms with E-state index >= 15 is 0 Å². The standard InChI is InChI=1S/C7H4FN3O2/c8-4-2-1-3-5-6(4)10-7(9-5)11(12)13/h1-3H,(H,9,10). The molecule has 1 aromatic heterocycles. The van der Waals surface area contributed by atoms with E-state index in [0.717, 1.165) is 0 Å². The Morgan fingerprint density at radius 1 is 1.54 bits per heavy atom. The molecule has 1 aromatic carbocycles. The van der Waals surface area contributed by atoms with Gasteiger partial charge in [0.2, 0.25) is 5.52 Å². The predicted octanol–water partition coefficient (Wildman–Crippen LogP) is 1.61. The van der Waals surface area contributed by atoms with Crippen molar-refractivity contribution in [1.29, 1.82) is 0 Å². The lowest BCUT2D eigenvalue weighted by atomic mass is 10.3. The summed E-state index contributed by atoms with van der Waals surface area (Å²) in [6.45, 7) is 0. The highest BCUT2D eigenvalue weighted by Crippen LogP contribution is 2.17. The van der Waals surface area contributed by atoms with E-state index < -0.39 is 16.7 Å². The number of imidazole rings is 1. The highest BCUT2D eigenvalue weighted by atomic mass is 19.1. The van der Waals surface area contributed by atoms with Crippen LogP contribution in [0.3, 0.4) is 0 Å². The largest absolute Gasteiger partial charge is 0.433 e. The third kappa shape index (κ3) is 1.12. The van der Waals surface area contributed by atoms with Gasteiger partial charge in [-0.05, 0) is 17.1 Å². The lowest BCUT2D eigenvalue weighted by molar-refractivity contribution is -0.393. The first-order valence-corrected chi connectivity index (χ1v) is 3.47. The zero-order valence-corrected chi connectivity index (χ0v) is 6.32. The van der Waals surface area contributed by atoms with Gasteiger partial charge in [-0.3, -0.25) is 0 Å². The first-order chi connectivity index (χ1) is 6.18. The maximum atomic E-state index is 13.0. The molecule has 0 atom stereocenters. The minimum absolute atomic E-state index is 0.00537. The van der Waals surface area contributed by atoms with E-state index in [1.807, 2.05) is 0 Å². The average Bonchev–Trinajstić information content (AvgIpc) is 2.49. The van der Waals surface area contributed by atoms with Crippen LogP contribution in [0.5, 0.6) is 0 Å². The van der Waals surface area contributed by atoms with Gasteiger partial charge in [-0.25, -0.2) is 9.37 Å². The van der Waals surface area contributed by atoms with Crippen molar-refractivity contribution in [3.63, 3.8) is 0 Å². The third-order valence-electron chi connectivity index (χ3n) is 1.62. The summed E-state index contributed by atoms with van der Waals surface area (Å²) in [5.41, 5.74) is 0.320. The zero-order valence-electron chi connectivity index (χ0n) is 6.32. The Bertz CT molecular complexity index is 480. The van der Waals surface area contributed by atoms with Gasteiger partial charge in [-0.15, -0.1) is 0 Å². The maximum absolute atomic E-state index is 13.0. The smallest absolute Gasteiger partial charge is 0.390 e. The molecule has 0 saturated carbocycles. The van der Waals surface area contributed by atoms with Crippen molar-refractivity contribution in [2.75, 3.05) is 0 Å². The first kappa shape index (κ1) is 7.66. The molecule has 0 aliphatic rings. The van der Waals surface area contributed by atoms with E-state index in [1.165, 1.54) is 18.2 Å². The number of nitrogens with zero attached hydrogens (tertiary/aromatic N) is 2. The van der Waals surface area contributed by atoms with Crippen LogP contribution in [0.1, 0.15) is 0 Å².